The molecule has 0 fully saturated rings. The van der Waals surface area contributed by atoms with Gasteiger partial charge in [0, 0.05) is 18.6 Å². The minimum Gasteiger partial charge on any atom is -0.308 e. The second kappa shape index (κ2) is 9.22. The molecule has 1 aromatic carbocycles. The quantitative estimate of drug-likeness (QED) is 0.728. The van der Waals surface area contributed by atoms with Crippen molar-refractivity contribution >= 4 is 0 Å². The summed E-state index contributed by atoms with van der Waals surface area (Å²) >= 11 is 0. The average molecular weight is 290 g/mol. The van der Waals surface area contributed by atoms with Gasteiger partial charge in [-0.25, -0.2) is 0 Å². The number of benzene rings is 1. The highest BCUT2D eigenvalue weighted by molar-refractivity contribution is 5.19. The van der Waals surface area contributed by atoms with E-state index >= 15 is 0 Å². The third-order valence-electron chi connectivity index (χ3n) is 3.70. The van der Waals surface area contributed by atoms with Crippen LogP contribution in [0.4, 0.5) is 0 Å². The molecule has 1 rings (SSSR count). The molecule has 0 spiro atoms. The maximum Gasteiger partial charge on any atom is 0.0451 e. The highest BCUT2D eigenvalue weighted by Crippen LogP contribution is 2.20. The Labute approximate surface area is 131 Å². The van der Waals surface area contributed by atoms with E-state index in [0.717, 1.165) is 18.4 Å². The zero-order valence-corrected chi connectivity index (χ0v) is 14.8. The van der Waals surface area contributed by atoms with E-state index in [-0.39, 0.29) is 0 Å². The van der Waals surface area contributed by atoms with Crippen molar-refractivity contribution in [3.63, 3.8) is 0 Å². The monoisotopic (exact) mass is 290 g/mol. The van der Waals surface area contributed by atoms with Gasteiger partial charge in [0.1, 0.15) is 0 Å². The van der Waals surface area contributed by atoms with Gasteiger partial charge in [0.15, 0.2) is 0 Å². The normalized spacial score (nSPS) is 13.6. The summed E-state index contributed by atoms with van der Waals surface area (Å²) in [6.07, 6.45) is 2.49. The molecule has 2 heteroatoms. The Morgan fingerprint density at radius 3 is 1.86 bits per heavy atom. The molecule has 0 radical (unpaired) electrons. The number of nitrogens with zero attached hydrogens (tertiary/aromatic N) is 1. The molecular weight excluding hydrogens is 256 g/mol. The number of hydrogen-bond donors (Lipinski definition) is 1. The lowest BCUT2D eigenvalue weighted by molar-refractivity contribution is 0.281. The molecule has 0 aliphatic heterocycles. The fourth-order valence-corrected chi connectivity index (χ4v) is 2.96. The first-order chi connectivity index (χ1) is 9.88. The summed E-state index contributed by atoms with van der Waals surface area (Å²) in [6, 6.07) is 11.8. The van der Waals surface area contributed by atoms with E-state index in [9.17, 15) is 0 Å². The molecule has 0 saturated heterocycles. The molecule has 0 heterocycles. The SMILES string of the molecule is CC(C)CC(CC(C)C)NC(CN(C)C)c1ccccc1. The fourth-order valence-electron chi connectivity index (χ4n) is 2.96. The van der Waals surface area contributed by atoms with E-state index < -0.39 is 0 Å². The molecule has 0 aromatic heterocycles. The predicted molar refractivity (Wildman–Crippen MR) is 93.6 cm³/mol. The second-order valence-corrected chi connectivity index (χ2v) is 7.35. The molecule has 0 saturated carbocycles. The highest BCUT2D eigenvalue weighted by atomic mass is 15.1. The van der Waals surface area contributed by atoms with Crippen LogP contribution in [0.5, 0.6) is 0 Å². The summed E-state index contributed by atoms with van der Waals surface area (Å²) in [7, 11) is 4.30. The Morgan fingerprint density at radius 2 is 1.43 bits per heavy atom. The van der Waals surface area contributed by atoms with Gasteiger partial charge in [0.05, 0.1) is 0 Å². The number of rotatable bonds is 9. The van der Waals surface area contributed by atoms with Crippen molar-refractivity contribution in [2.24, 2.45) is 11.8 Å². The van der Waals surface area contributed by atoms with Gasteiger partial charge in [-0.1, -0.05) is 58.0 Å². The molecule has 1 unspecified atom stereocenters. The van der Waals surface area contributed by atoms with Crippen molar-refractivity contribution in [1.29, 1.82) is 0 Å². The Bertz CT molecular complexity index is 360. The van der Waals surface area contributed by atoms with Crippen LogP contribution in [0.1, 0.15) is 52.1 Å². The second-order valence-electron chi connectivity index (χ2n) is 7.35. The largest absolute Gasteiger partial charge is 0.308 e. The molecule has 0 aliphatic carbocycles. The summed E-state index contributed by atoms with van der Waals surface area (Å²) in [5, 5.41) is 3.92. The van der Waals surface area contributed by atoms with Crippen molar-refractivity contribution in [2.45, 2.75) is 52.6 Å². The van der Waals surface area contributed by atoms with E-state index in [2.05, 4.69) is 82.3 Å². The van der Waals surface area contributed by atoms with Gasteiger partial charge in [-0.15, -0.1) is 0 Å². The first kappa shape index (κ1) is 18.2. The van der Waals surface area contributed by atoms with Gasteiger partial charge in [0.2, 0.25) is 0 Å². The van der Waals surface area contributed by atoms with E-state index in [1.807, 2.05) is 0 Å². The highest BCUT2D eigenvalue weighted by Gasteiger charge is 2.19. The van der Waals surface area contributed by atoms with Gasteiger partial charge < -0.3 is 10.2 Å². The Hall–Kier alpha value is -0.860. The van der Waals surface area contributed by atoms with Gasteiger partial charge in [-0.05, 0) is 44.3 Å². The van der Waals surface area contributed by atoms with Crippen LogP contribution in [-0.2, 0) is 0 Å². The summed E-state index contributed by atoms with van der Waals surface area (Å²) in [5.41, 5.74) is 1.39. The molecule has 0 bridgehead atoms. The van der Waals surface area contributed by atoms with E-state index in [1.54, 1.807) is 0 Å². The van der Waals surface area contributed by atoms with Crippen LogP contribution in [0, 0.1) is 11.8 Å². The van der Waals surface area contributed by atoms with Gasteiger partial charge >= 0.3 is 0 Å². The molecule has 1 atom stereocenters. The minimum atomic E-state index is 0.406. The maximum absolute atomic E-state index is 3.92. The van der Waals surface area contributed by atoms with Crippen molar-refractivity contribution in [1.82, 2.24) is 10.2 Å². The third kappa shape index (κ3) is 7.63. The molecule has 1 N–H and O–H groups in total. The predicted octanol–water partition coefficient (Wildman–Crippen LogP) is 4.34. The first-order valence-corrected chi connectivity index (χ1v) is 8.34. The van der Waals surface area contributed by atoms with E-state index in [1.165, 1.54) is 18.4 Å². The van der Waals surface area contributed by atoms with Crippen LogP contribution in [0.3, 0.4) is 0 Å². The number of nitrogens with one attached hydrogen (secondary N) is 1. The number of likely N-dealkylation sites (N-methyl/N-ethyl adjacent to an activating group) is 1. The molecule has 2 nitrogen and oxygen atoms in total. The van der Waals surface area contributed by atoms with Crippen LogP contribution >= 0.6 is 0 Å². The lowest BCUT2D eigenvalue weighted by atomic mass is 9.94. The molecule has 120 valence electrons. The molecular formula is C19H34N2. The topological polar surface area (TPSA) is 15.3 Å². The number of hydrogen-bond acceptors (Lipinski definition) is 2. The lowest BCUT2D eigenvalue weighted by Gasteiger charge is -2.30. The van der Waals surface area contributed by atoms with Crippen LogP contribution in [0.15, 0.2) is 30.3 Å². The lowest BCUT2D eigenvalue weighted by Crippen LogP contribution is -2.39. The Morgan fingerprint density at radius 1 is 0.905 bits per heavy atom. The first-order valence-electron chi connectivity index (χ1n) is 8.34. The average Bonchev–Trinajstić information content (AvgIpc) is 2.36. The third-order valence-corrected chi connectivity index (χ3v) is 3.70. The summed E-state index contributed by atoms with van der Waals surface area (Å²) < 4.78 is 0. The van der Waals surface area contributed by atoms with Gasteiger partial charge in [-0.2, -0.15) is 0 Å². The van der Waals surface area contributed by atoms with Crippen LogP contribution < -0.4 is 5.32 Å². The van der Waals surface area contributed by atoms with Crippen LogP contribution in [-0.4, -0.2) is 31.6 Å². The zero-order chi connectivity index (χ0) is 15.8. The molecule has 0 aliphatic rings. The van der Waals surface area contributed by atoms with Crippen molar-refractivity contribution < 1.29 is 0 Å². The minimum absolute atomic E-state index is 0.406. The molecule has 1 aromatic rings. The van der Waals surface area contributed by atoms with Gasteiger partial charge in [-0.3, -0.25) is 0 Å². The Kier molecular flexibility index (Phi) is 7.98. The Balaban J connectivity index is 2.81. The van der Waals surface area contributed by atoms with E-state index in [4.69, 9.17) is 0 Å². The van der Waals surface area contributed by atoms with Crippen LogP contribution in [0.25, 0.3) is 0 Å². The molecule has 0 amide bonds. The standard InChI is InChI=1S/C19H34N2/c1-15(2)12-18(13-16(3)4)20-19(14-21(5)6)17-10-8-7-9-11-17/h7-11,15-16,18-20H,12-14H2,1-6H3. The summed E-state index contributed by atoms with van der Waals surface area (Å²) in [5.74, 6) is 1.47. The van der Waals surface area contributed by atoms with Crippen molar-refractivity contribution in [3.8, 4) is 0 Å². The smallest absolute Gasteiger partial charge is 0.0451 e. The summed E-state index contributed by atoms with van der Waals surface area (Å²) in [4.78, 5) is 2.27. The zero-order valence-electron chi connectivity index (χ0n) is 14.8. The fraction of sp³-hybridized carbons (Fsp3) is 0.684. The van der Waals surface area contributed by atoms with Crippen LogP contribution in [0.2, 0.25) is 0 Å². The van der Waals surface area contributed by atoms with Crippen molar-refractivity contribution in [2.75, 3.05) is 20.6 Å². The van der Waals surface area contributed by atoms with Crippen molar-refractivity contribution in [3.05, 3.63) is 35.9 Å². The van der Waals surface area contributed by atoms with E-state index in [0.29, 0.717) is 12.1 Å². The summed E-state index contributed by atoms with van der Waals surface area (Å²) in [6.45, 7) is 10.3. The van der Waals surface area contributed by atoms with Gasteiger partial charge in [0.25, 0.3) is 0 Å². The molecule has 21 heavy (non-hydrogen) atoms. The maximum atomic E-state index is 3.92.